The van der Waals surface area contributed by atoms with Crippen LogP contribution in [0.15, 0.2) is 35.3 Å². The fourth-order valence-electron chi connectivity index (χ4n) is 1.75. The van der Waals surface area contributed by atoms with Crippen LogP contribution in [0, 0.1) is 0 Å². The number of aliphatic imine (C=N–C) groups is 1. The summed E-state index contributed by atoms with van der Waals surface area (Å²) in [5, 5.41) is 5.68. The van der Waals surface area contributed by atoms with Gasteiger partial charge in [0.05, 0.1) is 13.1 Å². The highest BCUT2D eigenvalue weighted by Crippen LogP contribution is 2.15. The molecule has 0 unspecified atom stereocenters. The van der Waals surface area contributed by atoms with E-state index in [1.165, 1.54) is 0 Å². The Bertz CT molecular complexity index is 517. The zero-order chi connectivity index (χ0) is 17.3. The molecule has 0 aliphatic rings. The molecule has 23 heavy (non-hydrogen) atoms. The number of likely N-dealkylation sites (N-methyl/N-ethyl adjacent to an activating group) is 1. The summed E-state index contributed by atoms with van der Waals surface area (Å²) in [5.74, 6) is -0.280. The van der Waals surface area contributed by atoms with Gasteiger partial charge in [-0.1, -0.05) is 30.3 Å². The Morgan fingerprint density at radius 1 is 1.22 bits per heavy atom. The molecule has 1 aromatic rings. The molecule has 0 fully saturated rings. The Labute approximate surface area is 133 Å². The molecule has 0 atom stereocenters. The third kappa shape index (κ3) is 8.08. The van der Waals surface area contributed by atoms with E-state index >= 15 is 0 Å². The van der Waals surface area contributed by atoms with Gasteiger partial charge >= 0.3 is 6.18 Å². The van der Waals surface area contributed by atoms with E-state index in [0.29, 0.717) is 23.9 Å². The van der Waals surface area contributed by atoms with Gasteiger partial charge in [0.15, 0.2) is 5.96 Å². The van der Waals surface area contributed by atoms with Gasteiger partial charge < -0.3 is 15.5 Å². The van der Waals surface area contributed by atoms with Crippen LogP contribution in [0.2, 0.25) is 0 Å². The average molecular weight is 330 g/mol. The summed E-state index contributed by atoms with van der Waals surface area (Å²) < 4.78 is 36.7. The molecule has 0 heterocycles. The van der Waals surface area contributed by atoms with E-state index in [2.05, 4.69) is 15.6 Å². The van der Waals surface area contributed by atoms with Crippen molar-refractivity contribution in [2.45, 2.75) is 19.6 Å². The zero-order valence-corrected chi connectivity index (χ0v) is 13.2. The molecule has 0 aliphatic heterocycles. The molecule has 0 bridgehead atoms. The van der Waals surface area contributed by atoms with Gasteiger partial charge in [0.1, 0.15) is 6.54 Å². The lowest BCUT2D eigenvalue weighted by Gasteiger charge is -2.20. The first-order chi connectivity index (χ1) is 10.8. The van der Waals surface area contributed by atoms with Gasteiger partial charge in [0.25, 0.3) is 0 Å². The van der Waals surface area contributed by atoms with Crippen LogP contribution < -0.4 is 10.6 Å². The number of alkyl halides is 3. The molecule has 0 aliphatic carbocycles. The number of hydrogen-bond donors (Lipinski definition) is 2. The summed E-state index contributed by atoms with van der Waals surface area (Å²) in [6.45, 7) is 1.31. The van der Waals surface area contributed by atoms with Crippen molar-refractivity contribution in [2.24, 2.45) is 4.99 Å². The van der Waals surface area contributed by atoms with Gasteiger partial charge in [0, 0.05) is 13.6 Å². The monoisotopic (exact) mass is 330 g/mol. The number of guanidine groups is 1. The molecule has 0 saturated carbocycles. The minimum absolute atomic E-state index is 0.257. The minimum Gasteiger partial charge on any atom is -0.357 e. The van der Waals surface area contributed by atoms with Gasteiger partial charge in [-0.15, -0.1) is 0 Å². The number of amides is 1. The van der Waals surface area contributed by atoms with Crippen molar-refractivity contribution < 1.29 is 18.0 Å². The molecule has 8 heteroatoms. The SMILES string of the molecule is CCNC(=NCc1ccccc1)NCC(=O)N(C)CC(F)(F)F. The molecule has 1 amide bonds. The standard InChI is InChI=1S/C15H21F3N4O/c1-3-19-14(20-9-12-7-5-4-6-8-12)21-10-13(23)22(2)11-15(16,17)18/h4-8H,3,9-11H2,1-2H3,(H2,19,20,21). The predicted molar refractivity (Wildman–Crippen MR) is 83.0 cm³/mol. The third-order valence-electron chi connectivity index (χ3n) is 2.86. The number of benzene rings is 1. The molecular formula is C15H21F3N4O. The lowest BCUT2D eigenvalue weighted by molar-refractivity contribution is -0.157. The minimum atomic E-state index is -4.41. The lowest BCUT2D eigenvalue weighted by atomic mass is 10.2. The number of nitrogens with one attached hydrogen (secondary N) is 2. The first-order valence-electron chi connectivity index (χ1n) is 7.18. The van der Waals surface area contributed by atoms with Crippen LogP contribution in [0.25, 0.3) is 0 Å². The third-order valence-corrected chi connectivity index (χ3v) is 2.86. The smallest absolute Gasteiger partial charge is 0.357 e. The van der Waals surface area contributed by atoms with Crippen LogP contribution in [0.4, 0.5) is 13.2 Å². The van der Waals surface area contributed by atoms with Crippen LogP contribution in [0.5, 0.6) is 0 Å². The summed E-state index contributed by atoms with van der Waals surface area (Å²) in [5.41, 5.74) is 0.991. The second kappa shape index (κ2) is 9.02. The molecule has 5 nitrogen and oxygen atoms in total. The van der Waals surface area contributed by atoms with E-state index in [1.807, 2.05) is 37.3 Å². The van der Waals surface area contributed by atoms with Gasteiger partial charge in [-0.05, 0) is 12.5 Å². The molecule has 0 saturated heterocycles. The topological polar surface area (TPSA) is 56.7 Å². The van der Waals surface area contributed by atoms with Crippen molar-refractivity contribution in [1.29, 1.82) is 0 Å². The maximum absolute atomic E-state index is 12.2. The predicted octanol–water partition coefficient (Wildman–Crippen LogP) is 1.76. The molecule has 1 aromatic carbocycles. The fraction of sp³-hybridized carbons (Fsp3) is 0.467. The number of carbonyl (C=O) groups is 1. The van der Waals surface area contributed by atoms with E-state index in [1.54, 1.807) is 0 Å². The van der Waals surface area contributed by atoms with E-state index < -0.39 is 18.6 Å². The summed E-state index contributed by atoms with van der Waals surface area (Å²) in [7, 11) is 1.12. The van der Waals surface area contributed by atoms with E-state index in [0.717, 1.165) is 12.6 Å². The molecule has 2 N–H and O–H groups in total. The summed E-state index contributed by atoms with van der Waals surface area (Å²) >= 11 is 0. The highest BCUT2D eigenvalue weighted by molar-refractivity contribution is 5.86. The highest BCUT2D eigenvalue weighted by atomic mass is 19.4. The second-order valence-electron chi connectivity index (χ2n) is 4.90. The Hall–Kier alpha value is -2.25. The molecule has 0 spiro atoms. The van der Waals surface area contributed by atoms with Crippen molar-refractivity contribution in [1.82, 2.24) is 15.5 Å². The number of rotatable bonds is 6. The van der Waals surface area contributed by atoms with E-state index in [-0.39, 0.29) is 6.54 Å². The van der Waals surface area contributed by atoms with Crippen molar-refractivity contribution in [2.75, 3.05) is 26.7 Å². The number of carbonyl (C=O) groups excluding carboxylic acids is 1. The largest absolute Gasteiger partial charge is 0.406 e. The van der Waals surface area contributed by atoms with Crippen molar-refractivity contribution in [3.63, 3.8) is 0 Å². The Balaban J connectivity index is 2.54. The van der Waals surface area contributed by atoms with Crippen molar-refractivity contribution in [3.05, 3.63) is 35.9 Å². The van der Waals surface area contributed by atoms with Crippen molar-refractivity contribution in [3.8, 4) is 0 Å². The number of hydrogen-bond acceptors (Lipinski definition) is 2. The maximum Gasteiger partial charge on any atom is 0.406 e. The lowest BCUT2D eigenvalue weighted by Crippen LogP contribution is -2.45. The fourth-order valence-corrected chi connectivity index (χ4v) is 1.75. The quantitative estimate of drug-likeness (QED) is 0.617. The first kappa shape index (κ1) is 18.8. The number of nitrogens with zero attached hydrogens (tertiary/aromatic N) is 2. The summed E-state index contributed by atoms with van der Waals surface area (Å²) in [6, 6.07) is 9.50. The molecule has 0 radical (unpaired) electrons. The van der Waals surface area contributed by atoms with Crippen LogP contribution in [0.3, 0.4) is 0 Å². The van der Waals surface area contributed by atoms with Crippen LogP contribution >= 0.6 is 0 Å². The Morgan fingerprint density at radius 3 is 2.43 bits per heavy atom. The van der Waals surface area contributed by atoms with Gasteiger partial charge in [-0.2, -0.15) is 13.2 Å². The van der Waals surface area contributed by atoms with Gasteiger partial charge in [-0.3, -0.25) is 4.79 Å². The molecule has 128 valence electrons. The second-order valence-corrected chi connectivity index (χ2v) is 4.90. The van der Waals surface area contributed by atoms with E-state index in [4.69, 9.17) is 0 Å². The van der Waals surface area contributed by atoms with Crippen LogP contribution in [0.1, 0.15) is 12.5 Å². The molecule has 0 aromatic heterocycles. The van der Waals surface area contributed by atoms with Gasteiger partial charge in [0.2, 0.25) is 5.91 Å². The average Bonchev–Trinajstić information content (AvgIpc) is 2.49. The summed E-state index contributed by atoms with van der Waals surface area (Å²) in [4.78, 5) is 16.6. The molecular weight excluding hydrogens is 309 g/mol. The van der Waals surface area contributed by atoms with Crippen molar-refractivity contribution >= 4 is 11.9 Å². The zero-order valence-electron chi connectivity index (χ0n) is 13.2. The molecule has 1 rings (SSSR count). The first-order valence-corrected chi connectivity index (χ1v) is 7.18. The highest BCUT2D eigenvalue weighted by Gasteiger charge is 2.31. The van der Waals surface area contributed by atoms with E-state index in [9.17, 15) is 18.0 Å². The Kier molecular flexibility index (Phi) is 7.37. The maximum atomic E-state index is 12.2. The normalized spacial score (nSPS) is 12.0. The van der Waals surface area contributed by atoms with Gasteiger partial charge in [-0.25, -0.2) is 4.99 Å². The summed E-state index contributed by atoms with van der Waals surface area (Å²) in [6.07, 6.45) is -4.41. The van der Waals surface area contributed by atoms with Crippen LogP contribution in [-0.2, 0) is 11.3 Å². The number of halogens is 3. The Morgan fingerprint density at radius 2 is 1.87 bits per heavy atom. The van der Waals surface area contributed by atoms with Crippen LogP contribution in [-0.4, -0.2) is 49.6 Å².